The lowest BCUT2D eigenvalue weighted by molar-refractivity contribution is 0.309. The highest BCUT2D eigenvalue weighted by atomic mass is 32.2. The van der Waals surface area contributed by atoms with E-state index in [9.17, 15) is 8.42 Å². The molecule has 0 aromatic heterocycles. The Morgan fingerprint density at radius 1 is 1.33 bits per heavy atom. The van der Waals surface area contributed by atoms with Crippen LogP contribution in [0, 0.1) is 0 Å². The van der Waals surface area contributed by atoms with Crippen LogP contribution in [0.3, 0.4) is 0 Å². The van der Waals surface area contributed by atoms with E-state index in [0.717, 1.165) is 25.8 Å². The summed E-state index contributed by atoms with van der Waals surface area (Å²) in [7, 11) is -1.46. The molecule has 1 aromatic rings. The van der Waals surface area contributed by atoms with Gasteiger partial charge in [-0.2, -0.15) is 4.31 Å². The molecule has 118 valence electrons. The van der Waals surface area contributed by atoms with Gasteiger partial charge in [0.2, 0.25) is 10.0 Å². The van der Waals surface area contributed by atoms with E-state index in [1.54, 1.807) is 28.6 Å². The van der Waals surface area contributed by atoms with Gasteiger partial charge in [0, 0.05) is 12.6 Å². The van der Waals surface area contributed by atoms with E-state index in [1.165, 1.54) is 0 Å². The molecule has 5 nitrogen and oxygen atoms in total. The van der Waals surface area contributed by atoms with Crippen molar-refractivity contribution in [3.05, 3.63) is 24.3 Å². The molecule has 0 spiro atoms. The van der Waals surface area contributed by atoms with Gasteiger partial charge in [-0.3, -0.25) is 0 Å². The third kappa shape index (κ3) is 3.96. The second-order valence-corrected chi connectivity index (χ2v) is 7.27. The number of ether oxygens (including phenoxy) is 1. The van der Waals surface area contributed by atoms with Crippen LogP contribution in [-0.2, 0) is 10.0 Å². The first-order valence-corrected chi connectivity index (χ1v) is 8.89. The summed E-state index contributed by atoms with van der Waals surface area (Å²) in [5, 5.41) is 3.05. The van der Waals surface area contributed by atoms with Gasteiger partial charge < -0.3 is 10.1 Å². The number of benzene rings is 1. The largest absolute Gasteiger partial charge is 0.494 e. The topological polar surface area (TPSA) is 58.6 Å². The molecule has 0 aliphatic carbocycles. The number of nitrogens with zero attached hydrogens (tertiary/aromatic N) is 1. The summed E-state index contributed by atoms with van der Waals surface area (Å²) in [6, 6.07) is 6.81. The second-order valence-electron chi connectivity index (χ2n) is 5.38. The fraction of sp³-hybridized carbons (Fsp3) is 0.600. The van der Waals surface area contributed by atoms with E-state index in [4.69, 9.17) is 4.74 Å². The normalized spacial score (nSPS) is 19.8. The van der Waals surface area contributed by atoms with E-state index in [2.05, 4.69) is 5.32 Å². The van der Waals surface area contributed by atoms with Crippen molar-refractivity contribution in [2.45, 2.75) is 37.1 Å². The molecule has 0 amide bonds. The quantitative estimate of drug-likeness (QED) is 0.781. The third-order valence-electron chi connectivity index (χ3n) is 3.76. The van der Waals surface area contributed by atoms with E-state index in [1.807, 2.05) is 14.0 Å². The van der Waals surface area contributed by atoms with Crippen molar-refractivity contribution in [3.8, 4) is 5.75 Å². The Morgan fingerprint density at radius 2 is 2.05 bits per heavy atom. The summed E-state index contributed by atoms with van der Waals surface area (Å²) in [6.07, 6.45) is 2.79. The van der Waals surface area contributed by atoms with Gasteiger partial charge in [0.1, 0.15) is 5.75 Å². The standard InChI is InChI=1S/C15H24N2O3S/c1-13-5-3-11-17(13)21(18,19)15-8-6-14(7-9-15)20-12-4-10-16-2/h6-9,13,16H,3-5,10-12H2,1-2H3. The van der Waals surface area contributed by atoms with Gasteiger partial charge in [-0.05, 0) is 64.0 Å². The van der Waals surface area contributed by atoms with Gasteiger partial charge in [-0.15, -0.1) is 0 Å². The van der Waals surface area contributed by atoms with Crippen molar-refractivity contribution in [2.24, 2.45) is 0 Å². The molecule has 6 heteroatoms. The summed E-state index contributed by atoms with van der Waals surface area (Å²) in [5.74, 6) is 0.708. The molecule has 1 unspecified atom stereocenters. The van der Waals surface area contributed by atoms with E-state index >= 15 is 0 Å². The zero-order valence-electron chi connectivity index (χ0n) is 12.7. The van der Waals surface area contributed by atoms with Crippen LogP contribution < -0.4 is 10.1 Å². The van der Waals surface area contributed by atoms with Gasteiger partial charge in [-0.1, -0.05) is 0 Å². The van der Waals surface area contributed by atoms with Crippen molar-refractivity contribution in [1.82, 2.24) is 9.62 Å². The predicted molar refractivity (Wildman–Crippen MR) is 83.1 cm³/mol. The van der Waals surface area contributed by atoms with Crippen molar-refractivity contribution in [2.75, 3.05) is 26.7 Å². The monoisotopic (exact) mass is 312 g/mol. The van der Waals surface area contributed by atoms with Crippen LogP contribution in [0.4, 0.5) is 0 Å². The van der Waals surface area contributed by atoms with Crippen molar-refractivity contribution in [1.29, 1.82) is 0 Å². The maximum absolute atomic E-state index is 12.5. The Bertz CT molecular complexity index is 543. The number of hydrogen-bond acceptors (Lipinski definition) is 4. The van der Waals surface area contributed by atoms with Crippen molar-refractivity contribution < 1.29 is 13.2 Å². The first kappa shape index (κ1) is 16.3. The molecule has 1 aromatic carbocycles. The van der Waals surface area contributed by atoms with Crippen LogP contribution >= 0.6 is 0 Å². The van der Waals surface area contributed by atoms with Crippen LogP contribution in [0.15, 0.2) is 29.2 Å². The molecule has 1 N–H and O–H groups in total. The Labute approximate surface area is 127 Å². The van der Waals surface area contributed by atoms with Crippen molar-refractivity contribution >= 4 is 10.0 Å². The van der Waals surface area contributed by atoms with Crippen LogP contribution in [0.2, 0.25) is 0 Å². The predicted octanol–water partition coefficient (Wildman–Crippen LogP) is 1.85. The smallest absolute Gasteiger partial charge is 0.243 e. The average molecular weight is 312 g/mol. The van der Waals surface area contributed by atoms with Gasteiger partial charge in [-0.25, -0.2) is 8.42 Å². The first-order chi connectivity index (χ1) is 10.1. The van der Waals surface area contributed by atoms with Gasteiger partial charge in [0.25, 0.3) is 0 Å². The molecule has 0 bridgehead atoms. The summed E-state index contributed by atoms with van der Waals surface area (Å²) in [6.45, 7) is 4.10. The Hall–Kier alpha value is -1.11. The highest BCUT2D eigenvalue weighted by Crippen LogP contribution is 2.26. The van der Waals surface area contributed by atoms with Crippen LogP contribution in [0.1, 0.15) is 26.2 Å². The first-order valence-electron chi connectivity index (χ1n) is 7.45. The molecule has 0 saturated carbocycles. The minimum atomic E-state index is -3.37. The minimum Gasteiger partial charge on any atom is -0.494 e. The van der Waals surface area contributed by atoms with Crippen LogP contribution in [-0.4, -0.2) is 45.5 Å². The molecule has 1 saturated heterocycles. The maximum Gasteiger partial charge on any atom is 0.243 e. The van der Waals surface area contributed by atoms with Gasteiger partial charge in [0.15, 0.2) is 0 Å². The SMILES string of the molecule is CNCCCOc1ccc(S(=O)(=O)N2CCCC2C)cc1. The number of rotatable bonds is 7. The molecule has 21 heavy (non-hydrogen) atoms. The molecular formula is C15H24N2O3S. The maximum atomic E-state index is 12.5. The van der Waals surface area contributed by atoms with Crippen molar-refractivity contribution in [3.63, 3.8) is 0 Å². The zero-order chi connectivity index (χ0) is 15.3. The molecule has 1 fully saturated rings. The van der Waals surface area contributed by atoms with Gasteiger partial charge in [0.05, 0.1) is 11.5 Å². The van der Waals surface area contributed by atoms with Crippen LogP contribution in [0.25, 0.3) is 0 Å². The summed E-state index contributed by atoms with van der Waals surface area (Å²) >= 11 is 0. The van der Waals surface area contributed by atoms with E-state index < -0.39 is 10.0 Å². The zero-order valence-corrected chi connectivity index (χ0v) is 13.5. The average Bonchev–Trinajstić information content (AvgIpc) is 2.91. The third-order valence-corrected chi connectivity index (χ3v) is 5.79. The lowest BCUT2D eigenvalue weighted by atomic mass is 10.3. The molecule has 1 aliphatic rings. The lowest BCUT2D eigenvalue weighted by Gasteiger charge is -2.21. The number of nitrogens with one attached hydrogen (secondary N) is 1. The summed E-state index contributed by atoms with van der Waals surface area (Å²) in [5.41, 5.74) is 0. The lowest BCUT2D eigenvalue weighted by Crippen LogP contribution is -2.33. The number of sulfonamides is 1. The highest BCUT2D eigenvalue weighted by molar-refractivity contribution is 7.89. The molecule has 1 atom stereocenters. The Balaban J connectivity index is 2.01. The summed E-state index contributed by atoms with van der Waals surface area (Å²) < 4.78 is 32.2. The van der Waals surface area contributed by atoms with E-state index in [-0.39, 0.29) is 6.04 Å². The summed E-state index contributed by atoms with van der Waals surface area (Å²) in [4.78, 5) is 0.346. The molecule has 1 aliphatic heterocycles. The van der Waals surface area contributed by atoms with E-state index in [0.29, 0.717) is 23.8 Å². The second kappa shape index (κ2) is 7.24. The van der Waals surface area contributed by atoms with Crippen LogP contribution in [0.5, 0.6) is 5.75 Å². The van der Waals surface area contributed by atoms with Gasteiger partial charge >= 0.3 is 0 Å². The number of hydrogen-bond donors (Lipinski definition) is 1. The minimum absolute atomic E-state index is 0.0903. The molecule has 2 rings (SSSR count). The molecule has 1 heterocycles. The Morgan fingerprint density at radius 3 is 2.62 bits per heavy atom. The fourth-order valence-electron chi connectivity index (χ4n) is 2.55. The molecular weight excluding hydrogens is 288 g/mol. The highest BCUT2D eigenvalue weighted by Gasteiger charge is 2.32. The fourth-order valence-corrected chi connectivity index (χ4v) is 4.25. The molecule has 0 radical (unpaired) electrons. The Kier molecular flexibility index (Phi) is 5.61.